The third-order valence-corrected chi connectivity index (χ3v) is 3.05. The van der Waals surface area contributed by atoms with Gasteiger partial charge < -0.3 is 5.73 Å². The molecule has 0 spiro atoms. The second-order valence-corrected chi connectivity index (χ2v) is 4.44. The molecule has 1 nitrogen and oxygen atoms in total. The zero-order valence-electron chi connectivity index (χ0n) is 8.83. The molecule has 1 atom stereocenters. The van der Waals surface area contributed by atoms with Crippen molar-refractivity contribution in [3.8, 4) is 0 Å². The van der Waals surface area contributed by atoms with Crippen molar-refractivity contribution in [2.45, 2.75) is 20.3 Å². The number of halogens is 1. The smallest absolute Gasteiger partial charge is 0.0438 e. The Bertz CT molecular complexity index is 283. The van der Waals surface area contributed by atoms with Crippen LogP contribution in [0.4, 0.5) is 0 Å². The Hall–Kier alpha value is -0.530. The molecule has 0 bridgehead atoms. The van der Waals surface area contributed by atoms with Gasteiger partial charge >= 0.3 is 0 Å². The van der Waals surface area contributed by atoms with E-state index in [1.807, 2.05) is 18.2 Å². The second kappa shape index (κ2) is 5.38. The van der Waals surface area contributed by atoms with Crippen LogP contribution in [0.25, 0.3) is 0 Å². The van der Waals surface area contributed by atoms with Crippen molar-refractivity contribution in [2.75, 3.05) is 6.54 Å². The largest absolute Gasteiger partial charge is 0.330 e. The average molecular weight is 212 g/mol. The maximum absolute atomic E-state index is 6.09. The highest BCUT2D eigenvalue weighted by Gasteiger charge is 2.13. The molecule has 1 rings (SSSR count). The molecule has 1 aromatic carbocycles. The molecule has 0 saturated heterocycles. The molecule has 1 aromatic rings. The van der Waals surface area contributed by atoms with Gasteiger partial charge in [0.05, 0.1) is 0 Å². The fourth-order valence-corrected chi connectivity index (χ4v) is 1.75. The van der Waals surface area contributed by atoms with Gasteiger partial charge in [-0.1, -0.05) is 43.6 Å². The van der Waals surface area contributed by atoms with Gasteiger partial charge in [-0.15, -0.1) is 0 Å². The molecule has 0 saturated carbocycles. The van der Waals surface area contributed by atoms with Gasteiger partial charge in [0.25, 0.3) is 0 Å². The Kier molecular flexibility index (Phi) is 4.43. The number of nitrogens with two attached hydrogens (primary N) is 1. The molecular weight excluding hydrogens is 194 g/mol. The highest BCUT2D eigenvalue weighted by molar-refractivity contribution is 6.31. The van der Waals surface area contributed by atoms with E-state index in [1.54, 1.807) is 0 Å². The third kappa shape index (κ3) is 3.00. The monoisotopic (exact) mass is 211 g/mol. The number of hydrogen-bond acceptors (Lipinski definition) is 1. The predicted octanol–water partition coefficient (Wildman–Crippen LogP) is 3.11. The number of hydrogen-bond donors (Lipinski definition) is 1. The predicted molar refractivity (Wildman–Crippen MR) is 62.5 cm³/mol. The highest BCUT2D eigenvalue weighted by atomic mass is 35.5. The maximum atomic E-state index is 6.09. The van der Waals surface area contributed by atoms with E-state index in [-0.39, 0.29) is 0 Å². The highest BCUT2D eigenvalue weighted by Crippen LogP contribution is 2.21. The summed E-state index contributed by atoms with van der Waals surface area (Å²) >= 11 is 6.09. The van der Waals surface area contributed by atoms with Crippen molar-refractivity contribution < 1.29 is 0 Å². The first-order valence-electron chi connectivity index (χ1n) is 5.08. The van der Waals surface area contributed by atoms with E-state index in [4.69, 9.17) is 17.3 Å². The average Bonchev–Trinajstić information content (AvgIpc) is 2.16. The van der Waals surface area contributed by atoms with Crippen LogP contribution < -0.4 is 5.73 Å². The quantitative estimate of drug-likeness (QED) is 0.814. The first-order chi connectivity index (χ1) is 6.65. The fraction of sp³-hybridized carbons (Fsp3) is 0.500. The minimum absolute atomic E-state index is 0.523. The molecule has 0 amide bonds. The molecule has 1 unspecified atom stereocenters. The zero-order chi connectivity index (χ0) is 10.6. The SMILES string of the molecule is CC(C)C(CN)Cc1ccccc1Cl. The second-order valence-electron chi connectivity index (χ2n) is 4.04. The molecule has 0 aliphatic heterocycles. The number of rotatable bonds is 4. The summed E-state index contributed by atoms with van der Waals surface area (Å²) < 4.78 is 0. The summed E-state index contributed by atoms with van der Waals surface area (Å²) in [5.74, 6) is 1.13. The molecule has 0 aliphatic rings. The van der Waals surface area contributed by atoms with Crippen molar-refractivity contribution in [3.05, 3.63) is 34.9 Å². The molecular formula is C12H18ClN. The van der Waals surface area contributed by atoms with Crippen molar-refractivity contribution in [1.29, 1.82) is 0 Å². The summed E-state index contributed by atoms with van der Waals surface area (Å²) in [4.78, 5) is 0. The van der Waals surface area contributed by atoms with E-state index >= 15 is 0 Å². The van der Waals surface area contributed by atoms with Gasteiger partial charge in [0.1, 0.15) is 0 Å². The minimum Gasteiger partial charge on any atom is -0.330 e. The van der Waals surface area contributed by atoms with Crippen LogP contribution in [0.2, 0.25) is 5.02 Å². The zero-order valence-corrected chi connectivity index (χ0v) is 9.59. The standard InChI is InChI=1S/C12H18ClN/c1-9(2)11(8-14)7-10-5-3-4-6-12(10)13/h3-6,9,11H,7-8,14H2,1-2H3. The van der Waals surface area contributed by atoms with Gasteiger partial charge in [-0.25, -0.2) is 0 Å². The molecule has 0 aromatic heterocycles. The molecule has 0 heterocycles. The van der Waals surface area contributed by atoms with Crippen molar-refractivity contribution in [3.63, 3.8) is 0 Å². The van der Waals surface area contributed by atoms with Gasteiger partial charge in [0.15, 0.2) is 0 Å². The molecule has 0 fully saturated rings. The fourth-order valence-electron chi connectivity index (χ4n) is 1.54. The summed E-state index contributed by atoms with van der Waals surface area (Å²) in [6.45, 7) is 5.13. The summed E-state index contributed by atoms with van der Waals surface area (Å²) in [7, 11) is 0. The lowest BCUT2D eigenvalue weighted by atomic mass is 9.89. The Morgan fingerprint density at radius 2 is 1.93 bits per heavy atom. The Labute approximate surface area is 91.3 Å². The van der Waals surface area contributed by atoms with Gasteiger partial charge in [-0.3, -0.25) is 0 Å². The number of benzene rings is 1. The van der Waals surface area contributed by atoms with Crippen LogP contribution in [0, 0.1) is 11.8 Å². The van der Waals surface area contributed by atoms with E-state index in [0.717, 1.165) is 18.0 Å². The lowest BCUT2D eigenvalue weighted by Crippen LogP contribution is -2.22. The Balaban J connectivity index is 2.72. The minimum atomic E-state index is 0.523. The van der Waals surface area contributed by atoms with Crippen LogP contribution in [-0.4, -0.2) is 6.54 Å². The van der Waals surface area contributed by atoms with E-state index in [2.05, 4.69) is 19.9 Å². The van der Waals surface area contributed by atoms with Gasteiger partial charge in [0.2, 0.25) is 0 Å². The summed E-state index contributed by atoms with van der Waals surface area (Å²) in [5, 5.41) is 0.853. The Morgan fingerprint density at radius 1 is 1.29 bits per heavy atom. The van der Waals surface area contributed by atoms with Crippen LogP contribution in [0.3, 0.4) is 0 Å². The van der Waals surface area contributed by atoms with Crippen LogP contribution in [0.15, 0.2) is 24.3 Å². The van der Waals surface area contributed by atoms with Crippen LogP contribution in [-0.2, 0) is 6.42 Å². The van der Waals surface area contributed by atoms with Gasteiger partial charge in [-0.05, 0) is 36.4 Å². The summed E-state index contributed by atoms with van der Waals surface area (Å²) in [6, 6.07) is 7.99. The van der Waals surface area contributed by atoms with Gasteiger partial charge in [0, 0.05) is 5.02 Å². The molecule has 0 aliphatic carbocycles. The summed E-state index contributed by atoms with van der Waals surface area (Å²) in [5.41, 5.74) is 6.94. The Morgan fingerprint density at radius 3 is 2.43 bits per heavy atom. The molecule has 2 N–H and O–H groups in total. The first-order valence-corrected chi connectivity index (χ1v) is 5.46. The van der Waals surface area contributed by atoms with E-state index < -0.39 is 0 Å². The molecule has 2 heteroatoms. The van der Waals surface area contributed by atoms with Crippen molar-refractivity contribution in [2.24, 2.45) is 17.6 Å². The van der Waals surface area contributed by atoms with E-state index in [0.29, 0.717) is 11.8 Å². The third-order valence-electron chi connectivity index (χ3n) is 2.69. The van der Waals surface area contributed by atoms with E-state index in [1.165, 1.54) is 5.56 Å². The van der Waals surface area contributed by atoms with Crippen molar-refractivity contribution >= 4 is 11.6 Å². The van der Waals surface area contributed by atoms with Gasteiger partial charge in [-0.2, -0.15) is 0 Å². The molecule has 0 radical (unpaired) electrons. The van der Waals surface area contributed by atoms with E-state index in [9.17, 15) is 0 Å². The first kappa shape index (κ1) is 11.5. The topological polar surface area (TPSA) is 26.0 Å². The van der Waals surface area contributed by atoms with Crippen molar-refractivity contribution in [1.82, 2.24) is 0 Å². The lowest BCUT2D eigenvalue weighted by molar-refractivity contribution is 0.392. The van der Waals surface area contributed by atoms with Crippen LogP contribution >= 0.6 is 11.6 Å². The van der Waals surface area contributed by atoms with Crippen LogP contribution in [0.5, 0.6) is 0 Å². The molecule has 14 heavy (non-hydrogen) atoms. The summed E-state index contributed by atoms with van der Waals surface area (Å²) in [6.07, 6.45) is 0.980. The normalized spacial score (nSPS) is 13.2. The van der Waals surface area contributed by atoms with Crippen LogP contribution in [0.1, 0.15) is 19.4 Å². The molecule has 78 valence electrons. The maximum Gasteiger partial charge on any atom is 0.0438 e. The lowest BCUT2D eigenvalue weighted by Gasteiger charge is -2.19.